The largest absolute Gasteiger partial charge is 0.494 e. The highest BCUT2D eigenvalue weighted by Crippen LogP contribution is 2.46. The highest BCUT2D eigenvalue weighted by molar-refractivity contribution is 5.86. The Morgan fingerprint density at radius 2 is 1.66 bits per heavy atom. The predicted octanol–water partition coefficient (Wildman–Crippen LogP) is 7.38. The maximum Gasteiger partial charge on any atom is 0.314 e. The van der Waals surface area contributed by atoms with Crippen LogP contribution in [-0.4, -0.2) is 29.3 Å². The lowest BCUT2D eigenvalue weighted by Crippen LogP contribution is -2.52. The molecule has 0 saturated carbocycles. The molecule has 0 amide bonds. The summed E-state index contributed by atoms with van der Waals surface area (Å²) in [5, 5.41) is 10.1. The minimum Gasteiger partial charge on any atom is -0.494 e. The summed E-state index contributed by atoms with van der Waals surface area (Å²) >= 11 is 0. The number of ether oxygens (including phenoxy) is 2. The average Bonchev–Trinajstić information content (AvgIpc) is 2.85. The maximum absolute atomic E-state index is 13.3. The lowest BCUT2D eigenvalue weighted by molar-refractivity contribution is -0.189. The zero-order valence-electron chi connectivity index (χ0n) is 21.4. The number of hydrogen-bond acceptors (Lipinski definition) is 4. The fraction of sp³-hybridized carbons (Fsp3) is 0.533. The number of carboxylic acid groups (broad SMARTS) is 1. The fourth-order valence-corrected chi connectivity index (χ4v) is 5.40. The molecule has 0 radical (unpaired) electrons. The minimum absolute atomic E-state index is 0.254. The number of cyclic esters (lactones) is 1. The van der Waals surface area contributed by atoms with E-state index in [4.69, 9.17) is 9.47 Å². The Morgan fingerprint density at radius 1 is 0.971 bits per heavy atom. The molecule has 1 heterocycles. The van der Waals surface area contributed by atoms with E-state index in [0.717, 1.165) is 41.7 Å². The van der Waals surface area contributed by atoms with Gasteiger partial charge in [-0.1, -0.05) is 89.3 Å². The Kier molecular flexibility index (Phi) is 9.76. The van der Waals surface area contributed by atoms with Gasteiger partial charge in [-0.15, -0.1) is 0 Å². The van der Waals surface area contributed by atoms with Crippen molar-refractivity contribution in [2.45, 2.75) is 90.1 Å². The van der Waals surface area contributed by atoms with E-state index in [1.54, 1.807) is 0 Å². The van der Waals surface area contributed by atoms with Crippen molar-refractivity contribution in [2.24, 2.45) is 5.92 Å². The van der Waals surface area contributed by atoms with Crippen LogP contribution in [0.4, 0.5) is 0 Å². The number of unbranched alkanes of at least 4 members (excludes halogenated alkanes) is 3. The molecular weight excluding hydrogens is 440 g/mol. The minimum atomic E-state index is -0.923. The van der Waals surface area contributed by atoms with Crippen LogP contribution >= 0.6 is 0 Å². The van der Waals surface area contributed by atoms with Crippen LogP contribution in [0.3, 0.4) is 0 Å². The van der Waals surface area contributed by atoms with Crippen molar-refractivity contribution in [3.05, 3.63) is 54.1 Å². The highest BCUT2D eigenvalue weighted by atomic mass is 16.6. The van der Waals surface area contributed by atoms with Gasteiger partial charge in [0.15, 0.2) is 0 Å². The number of carboxylic acids is 1. The summed E-state index contributed by atoms with van der Waals surface area (Å²) in [6.45, 7) is 6.91. The molecule has 1 N–H and O–H groups in total. The van der Waals surface area contributed by atoms with E-state index >= 15 is 0 Å². The molecule has 1 aliphatic heterocycles. The van der Waals surface area contributed by atoms with Gasteiger partial charge >= 0.3 is 11.9 Å². The summed E-state index contributed by atoms with van der Waals surface area (Å²) in [6.07, 6.45) is 7.58. The van der Waals surface area contributed by atoms with Crippen LogP contribution in [0.25, 0.3) is 11.1 Å². The van der Waals surface area contributed by atoms with Gasteiger partial charge in [0.25, 0.3) is 0 Å². The van der Waals surface area contributed by atoms with Crippen molar-refractivity contribution in [1.29, 1.82) is 0 Å². The lowest BCUT2D eigenvalue weighted by atomic mass is 9.71. The molecule has 3 rings (SSSR count). The van der Waals surface area contributed by atoms with Crippen LogP contribution in [0, 0.1) is 5.92 Å². The molecule has 2 aromatic carbocycles. The fourth-order valence-electron chi connectivity index (χ4n) is 5.40. The van der Waals surface area contributed by atoms with Crippen LogP contribution in [0.2, 0.25) is 0 Å². The molecule has 1 fully saturated rings. The van der Waals surface area contributed by atoms with E-state index in [1.165, 1.54) is 19.3 Å². The second-order valence-corrected chi connectivity index (χ2v) is 9.69. The Hall–Kier alpha value is -2.82. The number of benzene rings is 2. The van der Waals surface area contributed by atoms with Gasteiger partial charge < -0.3 is 14.6 Å². The van der Waals surface area contributed by atoms with Gasteiger partial charge in [-0.25, -0.2) is 0 Å². The topological polar surface area (TPSA) is 72.8 Å². The molecule has 5 heteroatoms. The first kappa shape index (κ1) is 26.8. The second-order valence-electron chi connectivity index (χ2n) is 9.69. The number of hydrogen-bond donors (Lipinski definition) is 1. The molecule has 1 unspecified atom stereocenters. The molecule has 0 spiro atoms. The van der Waals surface area contributed by atoms with Gasteiger partial charge in [0.2, 0.25) is 0 Å². The number of esters is 1. The Labute approximate surface area is 209 Å². The van der Waals surface area contributed by atoms with E-state index in [-0.39, 0.29) is 12.4 Å². The molecule has 190 valence electrons. The van der Waals surface area contributed by atoms with Crippen molar-refractivity contribution in [3.8, 4) is 16.9 Å². The monoisotopic (exact) mass is 480 g/mol. The highest BCUT2D eigenvalue weighted by Gasteiger charge is 2.52. The van der Waals surface area contributed by atoms with Crippen LogP contribution in [0.5, 0.6) is 5.75 Å². The SMILES string of the molecule is CCCCCCOc1ccc(-c2ccccc2C2C[C@H](C(=O)O)C(CCC)(CCC)OC2=O)cc1. The van der Waals surface area contributed by atoms with Crippen LogP contribution in [-0.2, 0) is 14.3 Å². The normalized spacial score (nSPS) is 19.2. The zero-order valence-corrected chi connectivity index (χ0v) is 21.4. The second kappa shape index (κ2) is 12.8. The number of carbonyl (C=O) groups excluding carboxylic acids is 1. The number of carbonyl (C=O) groups is 2. The molecule has 2 atom stereocenters. The third-order valence-electron chi connectivity index (χ3n) is 7.11. The molecule has 0 aliphatic carbocycles. The van der Waals surface area contributed by atoms with E-state index < -0.39 is 23.4 Å². The summed E-state index contributed by atoms with van der Waals surface area (Å²) in [5.41, 5.74) is 1.79. The summed E-state index contributed by atoms with van der Waals surface area (Å²) in [4.78, 5) is 25.7. The smallest absolute Gasteiger partial charge is 0.314 e. The van der Waals surface area contributed by atoms with E-state index in [1.807, 2.05) is 62.4 Å². The number of aliphatic carboxylic acids is 1. The standard InChI is InChI=1S/C30H40O5/c1-4-7-8-11-20-34-23-16-14-22(15-17-23)24-12-9-10-13-25(24)26-21-27(28(31)32)30(18-5-2,19-6-3)35-29(26)33/h9-10,12-17,26-27H,4-8,11,18-21H2,1-3H3,(H,31,32)/t26?,27-/m1/s1. The van der Waals surface area contributed by atoms with Crippen molar-refractivity contribution in [1.82, 2.24) is 0 Å². The molecular formula is C30H40O5. The van der Waals surface area contributed by atoms with Crippen molar-refractivity contribution in [2.75, 3.05) is 6.61 Å². The molecule has 1 aliphatic rings. The van der Waals surface area contributed by atoms with E-state index in [0.29, 0.717) is 19.4 Å². The van der Waals surface area contributed by atoms with Gasteiger partial charge in [-0.3, -0.25) is 9.59 Å². The lowest BCUT2D eigenvalue weighted by Gasteiger charge is -2.44. The first-order valence-corrected chi connectivity index (χ1v) is 13.2. The van der Waals surface area contributed by atoms with Crippen LogP contribution in [0.1, 0.15) is 90.0 Å². The summed E-state index contributed by atoms with van der Waals surface area (Å²) in [5.74, 6) is -1.70. The Bertz CT molecular complexity index is 959. The summed E-state index contributed by atoms with van der Waals surface area (Å²) < 4.78 is 11.9. The number of rotatable bonds is 13. The Balaban J connectivity index is 1.83. The summed E-state index contributed by atoms with van der Waals surface area (Å²) in [6, 6.07) is 15.7. The molecule has 35 heavy (non-hydrogen) atoms. The van der Waals surface area contributed by atoms with Crippen molar-refractivity contribution in [3.63, 3.8) is 0 Å². The van der Waals surface area contributed by atoms with E-state index in [2.05, 4.69) is 6.92 Å². The van der Waals surface area contributed by atoms with Gasteiger partial charge in [-0.05, 0) is 54.5 Å². The summed E-state index contributed by atoms with van der Waals surface area (Å²) in [7, 11) is 0. The van der Waals surface area contributed by atoms with Crippen molar-refractivity contribution < 1.29 is 24.2 Å². The van der Waals surface area contributed by atoms with Gasteiger partial charge in [0, 0.05) is 0 Å². The van der Waals surface area contributed by atoms with Gasteiger partial charge in [0.1, 0.15) is 11.4 Å². The Morgan fingerprint density at radius 3 is 2.29 bits per heavy atom. The molecule has 0 aromatic heterocycles. The predicted molar refractivity (Wildman–Crippen MR) is 139 cm³/mol. The zero-order chi connectivity index (χ0) is 25.3. The third kappa shape index (κ3) is 6.45. The van der Waals surface area contributed by atoms with Crippen LogP contribution < -0.4 is 4.74 Å². The molecule has 5 nitrogen and oxygen atoms in total. The third-order valence-corrected chi connectivity index (χ3v) is 7.11. The molecule has 0 bridgehead atoms. The van der Waals surface area contributed by atoms with Crippen molar-refractivity contribution >= 4 is 11.9 Å². The molecule has 1 saturated heterocycles. The molecule has 2 aromatic rings. The van der Waals surface area contributed by atoms with Crippen LogP contribution in [0.15, 0.2) is 48.5 Å². The maximum atomic E-state index is 13.3. The first-order valence-electron chi connectivity index (χ1n) is 13.2. The first-order chi connectivity index (χ1) is 17.0. The van der Waals surface area contributed by atoms with Gasteiger partial charge in [-0.2, -0.15) is 0 Å². The quantitative estimate of drug-likeness (QED) is 0.239. The van der Waals surface area contributed by atoms with E-state index in [9.17, 15) is 14.7 Å². The van der Waals surface area contributed by atoms with Gasteiger partial charge in [0.05, 0.1) is 18.4 Å². The average molecular weight is 481 g/mol.